The Balaban J connectivity index is 1.70. The molecule has 0 bridgehead atoms. The summed E-state index contributed by atoms with van der Waals surface area (Å²) in [6.45, 7) is -13.7. The fourth-order valence-corrected chi connectivity index (χ4v) is 5.32. The summed E-state index contributed by atoms with van der Waals surface area (Å²) in [4.78, 5) is 12.9. The van der Waals surface area contributed by atoms with Crippen molar-refractivity contribution in [1.29, 1.82) is 0 Å². The van der Waals surface area contributed by atoms with Gasteiger partial charge in [0.2, 0.25) is 10.0 Å². The van der Waals surface area contributed by atoms with Gasteiger partial charge in [-0.2, -0.15) is 4.31 Å². The van der Waals surface area contributed by atoms with E-state index in [2.05, 4.69) is 5.32 Å². The molecular formula is C27H37N3O7S. The number of nitrogen functional groups attached to an aromatic ring is 1. The number of carbonyl (C=O) groups excluding carboxylic acids is 1. The number of carbonyl (C=O) groups is 1. The summed E-state index contributed by atoms with van der Waals surface area (Å²) in [5.74, 6) is -5.53. The highest BCUT2D eigenvalue weighted by Gasteiger charge is 2.44. The highest BCUT2D eigenvalue weighted by Crippen LogP contribution is 2.33. The summed E-state index contributed by atoms with van der Waals surface area (Å²) in [5, 5.41) is 13.8. The number of benzene rings is 2. The molecule has 10 nitrogen and oxygen atoms in total. The SMILES string of the molecule is [2H]C([2H])([2H])C([2H])(CN(C[C@@H](O)[C@H](Cc1ccccc1)NC(=O)O[C@@]1([2H])CO[C@@]2([2H])OC([2H])([2H])C([2H])([2H])[C@H]21)S(=O)(=O)c1ccc(N)cc1)C([2H])([2H])[2H]. The quantitative estimate of drug-likeness (QED) is 0.356. The third-order valence-corrected chi connectivity index (χ3v) is 7.63. The fourth-order valence-electron chi connectivity index (χ4n) is 3.90. The summed E-state index contributed by atoms with van der Waals surface area (Å²) in [6, 6.07) is 11.0. The normalized spacial score (nSPS) is 35.3. The van der Waals surface area contributed by atoms with Crippen LogP contribution in [0.4, 0.5) is 10.5 Å². The van der Waals surface area contributed by atoms with Gasteiger partial charge in [-0.1, -0.05) is 44.0 Å². The van der Waals surface area contributed by atoms with Crippen molar-refractivity contribution < 1.29 is 50.3 Å². The molecule has 1 amide bonds. The second kappa shape index (κ2) is 12.4. The smallest absolute Gasteiger partial charge is 0.407 e. The minimum atomic E-state index is -4.88. The van der Waals surface area contributed by atoms with E-state index in [1.165, 1.54) is 12.1 Å². The Morgan fingerprint density at radius 3 is 2.71 bits per heavy atom. The zero-order chi connectivity index (χ0) is 38.6. The van der Waals surface area contributed by atoms with E-state index in [-0.39, 0.29) is 12.1 Å². The summed E-state index contributed by atoms with van der Waals surface area (Å²) < 4.78 is 148. The van der Waals surface area contributed by atoms with Gasteiger partial charge in [0.05, 0.1) is 41.6 Å². The molecule has 0 saturated carbocycles. The topological polar surface area (TPSA) is 140 Å². The van der Waals surface area contributed by atoms with Gasteiger partial charge in [0, 0.05) is 31.1 Å². The third kappa shape index (κ3) is 7.03. The fraction of sp³-hybridized carbons (Fsp3) is 0.519. The second-order valence-corrected chi connectivity index (χ2v) is 10.5. The van der Waals surface area contributed by atoms with Crippen LogP contribution in [0.2, 0.25) is 0 Å². The van der Waals surface area contributed by atoms with Gasteiger partial charge in [0.1, 0.15) is 6.08 Å². The zero-order valence-electron chi connectivity index (χ0n) is 33.1. The first-order valence-corrected chi connectivity index (χ1v) is 13.0. The maximum absolute atomic E-state index is 13.9. The summed E-state index contributed by atoms with van der Waals surface area (Å²) in [6.07, 6.45) is -12.3. The lowest BCUT2D eigenvalue weighted by molar-refractivity contribution is -0.0907. The molecule has 2 aliphatic rings. The van der Waals surface area contributed by atoms with Crippen molar-refractivity contribution in [3.05, 3.63) is 60.2 Å². The van der Waals surface area contributed by atoms with Crippen LogP contribution in [0.5, 0.6) is 0 Å². The van der Waals surface area contributed by atoms with Crippen LogP contribution >= 0.6 is 0 Å². The number of fused-ring (bicyclic) bond motifs is 1. The van der Waals surface area contributed by atoms with Crippen LogP contribution in [0.25, 0.3) is 0 Å². The first-order valence-electron chi connectivity index (χ1n) is 18.0. The molecule has 2 heterocycles. The van der Waals surface area contributed by atoms with Crippen molar-refractivity contribution in [3.63, 3.8) is 0 Å². The molecule has 2 fully saturated rings. The number of hydrogen-bond acceptors (Lipinski definition) is 8. The molecule has 11 heteroatoms. The Kier molecular flexibility index (Phi) is 5.17. The first-order chi connectivity index (χ1) is 23.1. The number of rotatable bonds is 11. The molecule has 0 aromatic heterocycles. The number of nitrogens with zero attached hydrogens (tertiary/aromatic N) is 1. The number of ether oxygens (including phenoxy) is 3. The van der Waals surface area contributed by atoms with Gasteiger partial charge < -0.3 is 30.4 Å². The first kappa shape index (κ1) is 15.8. The van der Waals surface area contributed by atoms with E-state index in [4.69, 9.17) is 37.8 Å². The molecule has 4 N–H and O–H groups in total. The van der Waals surface area contributed by atoms with Crippen molar-refractivity contribution in [1.82, 2.24) is 9.62 Å². The van der Waals surface area contributed by atoms with E-state index in [1.54, 1.807) is 30.3 Å². The predicted molar refractivity (Wildman–Crippen MR) is 142 cm³/mol. The van der Waals surface area contributed by atoms with Gasteiger partial charge in [0.25, 0.3) is 0 Å². The molecule has 2 aromatic carbocycles. The van der Waals surface area contributed by atoms with Crippen LogP contribution in [0.3, 0.4) is 0 Å². The number of aliphatic hydroxyl groups excluding tert-OH is 1. The van der Waals surface area contributed by atoms with E-state index in [0.717, 1.165) is 12.1 Å². The standard InChI is InChI=1S/C27H37N3O7S/c1-18(2)15-30(38(33,34)21-10-8-20(28)9-11-21)16-24(31)23(14-19-6-4-3-5-7-19)29-27(32)37-25-17-36-26-22(25)12-13-35-26/h3-11,18,22-26,31H,12-17,28H2,1-2H3,(H,29,32)/t22-,23-,24+,25-,26+/m0/s1/i1D3,2D3,12D2,13D2,18D,25D,26D. The van der Waals surface area contributed by atoms with E-state index < -0.39 is 104 Å². The van der Waals surface area contributed by atoms with Gasteiger partial charge in [-0.25, -0.2) is 13.2 Å². The lowest BCUT2D eigenvalue weighted by Gasteiger charge is -2.31. The minimum Gasteiger partial charge on any atom is -0.443 e. The zero-order valence-corrected chi connectivity index (χ0v) is 20.9. The van der Waals surface area contributed by atoms with Gasteiger partial charge in [-0.15, -0.1) is 0 Å². The molecule has 0 aliphatic carbocycles. The molecule has 0 radical (unpaired) electrons. The van der Waals surface area contributed by atoms with E-state index in [0.29, 0.717) is 9.87 Å². The van der Waals surface area contributed by atoms with Gasteiger partial charge >= 0.3 is 6.09 Å². The average Bonchev–Trinajstić information content (AvgIpc) is 3.32. The van der Waals surface area contributed by atoms with Crippen LogP contribution in [0.15, 0.2) is 59.5 Å². The molecule has 208 valence electrons. The van der Waals surface area contributed by atoms with Crippen LogP contribution in [-0.4, -0.2) is 74.7 Å². The average molecular weight is 561 g/mol. The second-order valence-electron chi connectivity index (χ2n) is 8.60. The maximum atomic E-state index is 13.9. The van der Waals surface area contributed by atoms with Crippen LogP contribution in [0, 0.1) is 11.8 Å². The monoisotopic (exact) mass is 560 g/mol. The molecule has 0 spiro atoms. The van der Waals surface area contributed by atoms with Gasteiger partial charge in [-0.05, 0) is 48.5 Å². The number of aliphatic hydroxyl groups is 1. The third-order valence-electron chi connectivity index (χ3n) is 5.80. The molecule has 2 aromatic rings. The number of amides is 1. The lowest BCUT2D eigenvalue weighted by Crippen LogP contribution is -2.51. The Morgan fingerprint density at radius 1 is 1.26 bits per heavy atom. The van der Waals surface area contributed by atoms with E-state index in [9.17, 15) is 18.3 Å². The van der Waals surface area contributed by atoms with Crippen LogP contribution in [-0.2, 0) is 30.7 Å². The maximum Gasteiger partial charge on any atom is 0.407 e. The summed E-state index contributed by atoms with van der Waals surface area (Å²) >= 11 is 0. The number of sulfonamides is 1. The molecule has 2 aliphatic heterocycles. The molecule has 0 unspecified atom stereocenters. The van der Waals surface area contributed by atoms with Gasteiger partial charge in [0.15, 0.2) is 6.27 Å². The summed E-state index contributed by atoms with van der Waals surface area (Å²) in [7, 11) is -4.88. The van der Waals surface area contributed by atoms with Crippen LogP contribution < -0.4 is 11.1 Å². The molecule has 4 rings (SSSR count). The molecular weight excluding hydrogens is 510 g/mol. The number of nitrogens with two attached hydrogens (primary N) is 1. The van der Waals surface area contributed by atoms with Crippen LogP contribution in [0.1, 0.15) is 43.5 Å². The summed E-state index contributed by atoms with van der Waals surface area (Å²) in [5.41, 5.74) is 6.29. The van der Waals surface area contributed by atoms with Gasteiger partial charge in [-0.3, -0.25) is 0 Å². The number of nitrogens with one attached hydrogen (secondary N) is 1. The Hall–Kier alpha value is -2.70. The number of hydrogen-bond donors (Lipinski definition) is 3. The van der Waals surface area contributed by atoms with Crippen molar-refractivity contribution in [2.75, 3.05) is 32.0 Å². The van der Waals surface area contributed by atoms with Crippen molar-refractivity contribution in [3.8, 4) is 0 Å². The van der Waals surface area contributed by atoms with Crippen molar-refractivity contribution in [2.45, 2.75) is 55.9 Å². The predicted octanol–water partition coefficient (Wildman–Crippen LogP) is 2.38. The largest absolute Gasteiger partial charge is 0.443 e. The number of alkyl carbamates (subject to hydrolysis) is 1. The Morgan fingerprint density at radius 2 is 2.00 bits per heavy atom. The lowest BCUT2D eigenvalue weighted by atomic mass is 10.0. The van der Waals surface area contributed by atoms with Crippen molar-refractivity contribution in [2.24, 2.45) is 11.8 Å². The minimum absolute atomic E-state index is 0.155. The Labute approximate surface area is 242 Å². The van der Waals surface area contributed by atoms with Crippen molar-refractivity contribution >= 4 is 21.8 Å². The molecule has 38 heavy (non-hydrogen) atoms. The number of anilines is 1. The highest BCUT2D eigenvalue weighted by molar-refractivity contribution is 7.89. The molecule has 2 saturated heterocycles. The van der Waals surface area contributed by atoms with E-state index in [1.807, 2.05) is 0 Å². The van der Waals surface area contributed by atoms with E-state index >= 15 is 0 Å². The Bertz CT molecular complexity index is 1670. The molecule has 5 atom stereocenters. The highest BCUT2D eigenvalue weighted by atomic mass is 32.2.